The summed E-state index contributed by atoms with van der Waals surface area (Å²) < 4.78 is 41.0. The van der Waals surface area contributed by atoms with E-state index in [4.69, 9.17) is 0 Å². The highest BCUT2D eigenvalue weighted by Crippen LogP contribution is 2.36. The molecule has 0 aliphatic heterocycles. The minimum atomic E-state index is -4.45. The minimum Gasteiger partial charge on any atom is -0.237 e. The second-order valence-corrected chi connectivity index (χ2v) is 4.69. The van der Waals surface area contributed by atoms with Gasteiger partial charge in [0, 0.05) is 11.9 Å². The summed E-state index contributed by atoms with van der Waals surface area (Å²) in [6.07, 6.45) is -2.90. The molecule has 3 aromatic heterocycles. The lowest BCUT2D eigenvalue weighted by molar-refractivity contribution is -0.136. The summed E-state index contributed by atoms with van der Waals surface area (Å²) in [6, 6.07) is 6.18. The van der Waals surface area contributed by atoms with Crippen LogP contribution in [0.5, 0.6) is 0 Å². The first-order valence-electron chi connectivity index (χ1n) is 6.23. The number of aryl methyl sites for hydroxylation is 2. The molecule has 0 N–H and O–H groups in total. The minimum absolute atomic E-state index is 0.0127. The third kappa shape index (κ3) is 2.24. The molecular weight excluding hydrogens is 281 g/mol. The van der Waals surface area contributed by atoms with Gasteiger partial charge < -0.3 is 0 Å². The van der Waals surface area contributed by atoms with E-state index in [-0.39, 0.29) is 22.4 Å². The monoisotopic (exact) mass is 292 g/mol. The van der Waals surface area contributed by atoms with Gasteiger partial charge in [-0.1, -0.05) is 6.07 Å². The fraction of sp³-hybridized carbons (Fsp3) is 0.214. The van der Waals surface area contributed by atoms with E-state index in [0.29, 0.717) is 5.82 Å². The maximum atomic E-state index is 13.2. The second kappa shape index (κ2) is 4.54. The van der Waals surface area contributed by atoms with Crippen molar-refractivity contribution in [3.05, 3.63) is 47.4 Å². The molecule has 0 fully saturated rings. The van der Waals surface area contributed by atoms with Gasteiger partial charge >= 0.3 is 6.18 Å². The Balaban J connectivity index is 2.39. The van der Waals surface area contributed by atoms with Gasteiger partial charge in [-0.05, 0) is 32.0 Å². The molecule has 0 atom stereocenters. The van der Waals surface area contributed by atoms with E-state index in [0.717, 1.165) is 6.07 Å². The summed E-state index contributed by atoms with van der Waals surface area (Å²) in [4.78, 5) is 8.32. The Morgan fingerprint density at radius 1 is 1.14 bits per heavy atom. The number of fused-ring (bicyclic) bond motifs is 1. The number of hydrogen-bond acceptors (Lipinski definition) is 3. The summed E-state index contributed by atoms with van der Waals surface area (Å²) in [5.41, 5.74) is 0.00518. The average Bonchev–Trinajstić information content (AvgIpc) is 2.75. The molecule has 0 amide bonds. The number of pyridine rings is 2. The fourth-order valence-electron chi connectivity index (χ4n) is 2.28. The average molecular weight is 292 g/mol. The van der Waals surface area contributed by atoms with Crippen LogP contribution in [0.1, 0.15) is 17.0 Å². The molecule has 4 nitrogen and oxygen atoms in total. The Bertz CT molecular complexity index is 806. The lowest BCUT2D eigenvalue weighted by Crippen LogP contribution is -2.08. The molecule has 0 bridgehead atoms. The van der Waals surface area contributed by atoms with Crippen LogP contribution in [0.4, 0.5) is 13.2 Å². The molecule has 108 valence electrons. The second-order valence-electron chi connectivity index (χ2n) is 4.69. The Kier molecular flexibility index (Phi) is 2.93. The summed E-state index contributed by atoms with van der Waals surface area (Å²) >= 11 is 0. The first-order valence-corrected chi connectivity index (χ1v) is 6.23. The summed E-state index contributed by atoms with van der Waals surface area (Å²) in [5.74, 6) is 0.432. The molecule has 7 heteroatoms. The van der Waals surface area contributed by atoms with Gasteiger partial charge in [-0.2, -0.15) is 23.0 Å². The molecule has 3 rings (SSSR count). The number of nitrogens with zero attached hydrogens (tertiary/aromatic N) is 4. The SMILES string of the molecule is Cc1cc(C(F)(F)F)c2c(C)nn(-c3ccccn3)c2n1. The van der Waals surface area contributed by atoms with Crippen molar-refractivity contribution in [2.24, 2.45) is 0 Å². The molecule has 0 saturated heterocycles. The zero-order chi connectivity index (χ0) is 15.2. The van der Waals surface area contributed by atoms with Crippen LogP contribution < -0.4 is 0 Å². The highest BCUT2D eigenvalue weighted by Gasteiger charge is 2.35. The fourth-order valence-corrected chi connectivity index (χ4v) is 2.28. The van der Waals surface area contributed by atoms with E-state index in [9.17, 15) is 13.2 Å². The lowest BCUT2D eigenvalue weighted by atomic mass is 10.1. The molecule has 0 aromatic carbocycles. The van der Waals surface area contributed by atoms with Crippen molar-refractivity contribution in [2.45, 2.75) is 20.0 Å². The van der Waals surface area contributed by atoms with Crippen LogP contribution in [0.3, 0.4) is 0 Å². The van der Waals surface area contributed by atoms with Gasteiger partial charge in [0.1, 0.15) is 0 Å². The predicted molar refractivity (Wildman–Crippen MR) is 71.1 cm³/mol. The van der Waals surface area contributed by atoms with Crippen LogP contribution in [-0.4, -0.2) is 19.7 Å². The Morgan fingerprint density at radius 3 is 2.52 bits per heavy atom. The highest BCUT2D eigenvalue weighted by molar-refractivity contribution is 5.84. The van der Waals surface area contributed by atoms with Crippen molar-refractivity contribution in [2.75, 3.05) is 0 Å². The van der Waals surface area contributed by atoms with Gasteiger partial charge in [0.25, 0.3) is 0 Å². The topological polar surface area (TPSA) is 43.6 Å². The summed E-state index contributed by atoms with van der Waals surface area (Å²) in [6.45, 7) is 3.06. The molecule has 3 aromatic rings. The third-order valence-electron chi connectivity index (χ3n) is 3.11. The lowest BCUT2D eigenvalue weighted by Gasteiger charge is -2.09. The van der Waals surface area contributed by atoms with Crippen molar-refractivity contribution >= 4 is 11.0 Å². The number of aromatic nitrogens is 4. The number of halogens is 3. The highest BCUT2D eigenvalue weighted by atomic mass is 19.4. The molecule has 0 aliphatic rings. The van der Waals surface area contributed by atoms with Gasteiger partial charge in [-0.15, -0.1) is 0 Å². The van der Waals surface area contributed by atoms with Crippen molar-refractivity contribution in [1.82, 2.24) is 19.7 Å². The first-order chi connectivity index (χ1) is 9.88. The summed E-state index contributed by atoms with van der Waals surface area (Å²) in [5, 5.41) is 4.18. The third-order valence-corrected chi connectivity index (χ3v) is 3.11. The zero-order valence-electron chi connectivity index (χ0n) is 11.3. The quantitative estimate of drug-likeness (QED) is 0.690. The maximum Gasteiger partial charge on any atom is 0.417 e. The summed E-state index contributed by atoms with van der Waals surface area (Å²) in [7, 11) is 0. The molecular formula is C14H11F3N4. The van der Waals surface area contributed by atoms with Crippen molar-refractivity contribution in [3.8, 4) is 5.82 Å². The number of rotatable bonds is 1. The smallest absolute Gasteiger partial charge is 0.237 e. The molecule has 0 spiro atoms. The molecule has 0 radical (unpaired) electrons. The maximum absolute atomic E-state index is 13.2. The number of hydrogen-bond donors (Lipinski definition) is 0. The van der Waals surface area contributed by atoms with E-state index >= 15 is 0 Å². The van der Waals surface area contributed by atoms with Crippen LogP contribution in [0.2, 0.25) is 0 Å². The molecule has 0 aliphatic carbocycles. The van der Waals surface area contributed by atoms with Gasteiger partial charge in [0.15, 0.2) is 11.5 Å². The first kappa shape index (κ1) is 13.5. The van der Waals surface area contributed by atoms with Crippen molar-refractivity contribution < 1.29 is 13.2 Å². The molecule has 3 heterocycles. The standard InChI is InChI=1S/C14H11F3N4/c1-8-7-10(14(15,16)17)12-9(2)20-21(13(12)19-8)11-5-3-4-6-18-11/h3-7H,1-2H3. The predicted octanol–water partition coefficient (Wildman–Crippen LogP) is 3.45. The Morgan fingerprint density at radius 2 is 1.90 bits per heavy atom. The van der Waals surface area contributed by atoms with Crippen LogP contribution in [0.15, 0.2) is 30.5 Å². The van der Waals surface area contributed by atoms with Gasteiger partial charge in [-0.25, -0.2) is 9.97 Å². The van der Waals surface area contributed by atoms with Crippen LogP contribution >= 0.6 is 0 Å². The Labute approximate surface area is 118 Å². The normalized spacial score (nSPS) is 12.0. The van der Waals surface area contributed by atoms with Crippen molar-refractivity contribution in [3.63, 3.8) is 0 Å². The van der Waals surface area contributed by atoms with Crippen LogP contribution in [0.25, 0.3) is 16.9 Å². The van der Waals surface area contributed by atoms with E-state index in [1.165, 1.54) is 18.5 Å². The molecule has 0 saturated carbocycles. The Hall–Kier alpha value is -2.44. The van der Waals surface area contributed by atoms with Gasteiger partial charge in [0.2, 0.25) is 0 Å². The molecule has 21 heavy (non-hydrogen) atoms. The van der Waals surface area contributed by atoms with Gasteiger partial charge in [-0.3, -0.25) is 0 Å². The number of alkyl halides is 3. The van der Waals surface area contributed by atoms with E-state index in [1.54, 1.807) is 24.4 Å². The van der Waals surface area contributed by atoms with E-state index in [2.05, 4.69) is 15.1 Å². The van der Waals surface area contributed by atoms with Crippen LogP contribution in [0, 0.1) is 13.8 Å². The zero-order valence-corrected chi connectivity index (χ0v) is 11.3. The van der Waals surface area contributed by atoms with Gasteiger partial charge in [0.05, 0.1) is 16.6 Å². The van der Waals surface area contributed by atoms with Crippen LogP contribution in [-0.2, 0) is 6.18 Å². The molecule has 0 unspecified atom stereocenters. The largest absolute Gasteiger partial charge is 0.417 e. The van der Waals surface area contributed by atoms with E-state index in [1.807, 2.05) is 0 Å². The van der Waals surface area contributed by atoms with Crippen molar-refractivity contribution in [1.29, 1.82) is 0 Å². The van der Waals surface area contributed by atoms with E-state index < -0.39 is 11.7 Å².